The first-order valence-corrected chi connectivity index (χ1v) is 6.74. The number of hydrogen-bond acceptors (Lipinski definition) is 2. The van der Waals surface area contributed by atoms with Crippen LogP contribution in [0.3, 0.4) is 0 Å². The van der Waals surface area contributed by atoms with Crippen LogP contribution < -0.4 is 0 Å². The van der Waals surface area contributed by atoms with Crippen molar-refractivity contribution in [1.29, 1.82) is 0 Å². The summed E-state index contributed by atoms with van der Waals surface area (Å²) in [4.78, 5) is 22.6. The largest absolute Gasteiger partial charge is 0.478 e. The number of carboxylic acids is 2. The summed E-state index contributed by atoms with van der Waals surface area (Å²) in [5.41, 5.74) is 0.480. The Labute approximate surface area is 124 Å². The molecule has 0 atom stereocenters. The Morgan fingerprint density at radius 2 is 1.27 bits per heavy atom. The van der Waals surface area contributed by atoms with Gasteiger partial charge in [-0.2, -0.15) is 0 Å². The summed E-state index contributed by atoms with van der Waals surface area (Å²) < 4.78 is 0. The Morgan fingerprint density at radius 3 is 1.91 bits per heavy atom. The molecule has 0 aromatic heterocycles. The molecule has 4 rings (SSSR count). The van der Waals surface area contributed by atoms with Gasteiger partial charge in [-0.15, -0.1) is 0 Å². The van der Waals surface area contributed by atoms with Crippen molar-refractivity contribution in [1.82, 2.24) is 0 Å². The number of carboxylic acid groups (broad SMARTS) is 2. The van der Waals surface area contributed by atoms with Crippen LogP contribution in [-0.4, -0.2) is 22.2 Å². The molecule has 0 amide bonds. The van der Waals surface area contributed by atoms with E-state index in [9.17, 15) is 19.8 Å². The number of benzene rings is 4. The minimum absolute atomic E-state index is 0.226. The summed E-state index contributed by atoms with van der Waals surface area (Å²) in [6, 6.07) is 13.9. The molecule has 0 aliphatic carbocycles. The van der Waals surface area contributed by atoms with Crippen LogP contribution >= 0.6 is 0 Å². The average molecular weight is 290 g/mol. The minimum atomic E-state index is -0.975. The zero-order valence-corrected chi connectivity index (χ0v) is 11.3. The van der Waals surface area contributed by atoms with Gasteiger partial charge in [-0.1, -0.05) is 30.3 Å². The first kappa shape index (κ1) is 12.6. The quantitative estimate of drug-likeness (QED) is 0.547. The lowest BCUT2D eigenvalue weighted by molar-refractivity contribution is 0.0687. The van der Waals surface area contributed by atoms with Crippen molar-refractivity contribution in [2.24, 2.45) is 0 Å². The highest BCUT2D eigenvalue weighted by atomic mass is 16.4. The topological polar surface area (TPSA) is 74.6 Å². The lowest BCUT2D eigenvalue weighted by atomic mass is 9.91. The predicted molar refractivity (Wildman–Crippen MR) is 84.1 cm³/mol. The number of hydrogen-bond donors (Lipinski definition) is 2. The van der Waals surface area contributed by atoms with E-state index in [1.54, 1.807) is 36.4 Å². The van der Waals surface area contributed by atoms with Crippen molar-refractivity contribution in [2.45, 2.75) is 0 Å². The summed E-state index contributed by atoms with van der Waals surface area (Å²) in [7, 11) is 0. The fourth-order valence-corrected chi connectivity index (χ4v) is 3.13. The Bertz CT molecular complexity index is 1060. The third-order valence-electron chi connectivity index (χ3n) is 4.08. The molecule has 0 radical (unpaired) electrons. The van der Waals surface area contributed by atoms with Gasteiger partial charge in [0.05, 0.1) is 11.1 Å². The molecule has 0 aliphatic heterocycles. The molecule has 22 heavy (non-hydrogen) atoms. The molecule has 106 valence electrons. The van der Waals surface area contributed by atoms with E-state index in [2.05, 4.69) is 0 Å². The molecular formula is C18H10O4. The lowest BCUT2D eigenvalue weighted by Crippen LogP contribution is -1.99. The van der Waals surface area contributed by atoms with E-state index in [1.165, 1.54) is 0 Å². The monoisotopic (exact) mass is 290 g/mol. The first-order chi connectivity index (χ1) is 10.6. The molecule has 0 fully saturated rings. The SMILES string of the molecule is O=C(O)c1cc2ccc3ccc(C(=O)O)c4ccc(c1)c2c34. The summed E-state index contributed by atoms with van der Waals surface area (Å²) >= 11 is 0. The molecule has 0 saturated carbocycles. The second-order valence-corrected chi connectivity index (χ2v) is 5.30. The average Bonchev–Trinajstić information content (AvgIpc) is 2.51. The van der Waals surface area contributed by atoms with E-state index in [1.807, 2.05) is 12.1 Å². The molecule has 2 N–H and O–H groups in total. The van der Waals surface area contributed by atoms with E-state index in [4.69, 9.17) is 0 Å². The summed E-state index contributed by atoms with van der Waals surface area (Å²) in [6.07, 6.45) is 0. The summed E-state index contributed by atoms with van der Waals surface area (Å²) in [6.45, 7) is 0. The van der Waals surface area contributed by atoms with Gasteiger partial charge in [0.2, 0.25) is 0 Å². The van der Waals surface area contributed by atoms with Gasteiger partial charge in [0.1, 0.15) is 0 Å². The standard InChI is InChI=1S/C18H10O4/c19-17(20)12-7-10-2-1-9-3-6-14(18(21)22)13-5-4-11(8-12)15(10)16(9)13/h1-8H,(H,19,20)(H,21,22). The zero-order chi connectivity index (χ0) is 15.4. The van der Waals surface area contributed by atoms with E-state index < -0.39 is 11.9 Å². The molecule has 4 aromatic rings. The maximum atomic E-state index is 11.4. The van der Waals surface area contributed by atoms with Gasteiger partial charge >= 0.3 is 11.9 Å². The van der Waals surface area contributed by atoms with Crippen molar-refractivity contribution < 1.29 is 19.8 Å². The first-order valence-electron chi connectivity index (χ1n) is 6.74. The number of aromatic carboxylic acids is 2. The Morgan fingerprint density at radius 1 is 0.682 bits per heavy atom. The van der Waals surface area contributed by atoms with Crippen LogP contribution in [0.25, 0.3) is 32.3 Å². The number of carbonyl (C=O) groups is 2. The molecule has 0 saturated heterocycles. The van der Waals surface area contributed by atoms with Crippen LogP contribution in [0.4, 0.5) is 0 Å². The molecule has 0 unspecified atom stereocenters. The van der Waals surface area contributed by atoms with Gasteiger partial charge in [-0.05, 0) is 50.5 Å². The lowest BCUT2D eigenvalue weighted by Gasteiger charge is -2.13. The van der Waals surface area contributed by atoms with Crippen molar-refractivity contribution in [2.75, 3.05) is 0 Å². The third kappa shape index (κ3) is 1.58. The van der Waals surface area contributed by atoms with Crippen LogP contribution in [0.1, 0.15) is 20.7 Å². The van der Waals surface area contributed by atoms with E-state index in [-0.39, 0.29) is 11.1 Å². The second-order valence-electron chi connectivity index (χ2n) is 5.30. The van der Waals surface area contributed by atoms with E-state index in [0.717, 1.165) is 26.9 Å². The number of rotatable bonds is 2. The fraction of sp³-hybridized carbons (Fsp3) is 0. The smallest absolute Gasteiger partial charge is 0.336 e. The summed E-state index contributed by atoms with van der Waals surface area (Å²) in [5.74, 6) is -1.94. The third-order valence-corrected chi connectivity index (χ3v) is 4.08. The molecule has 4 heteroatoms. The van der Waals surface area contributed by atoms with E-state index in [0.29, 0.717) is 5.39 Å². The Kier molecular flexibility index (Phi) is 2.39. The van der Waals surface area contributed by atoms with Gasteiger partial charge in [0.15, 0.2) is 0 Å². The Balaban J connectivity index is 2.27. The maximum Gasteiger partial charge on any atom is 0.336 e. The molecule has 0 aliphatic rings. The fourth-order valence-electron chi connectivity index (χ4n) is 3.13. The van der Waals surface area contributed by atoms with Gasteiger partial charge in [0, 0.05) is 0 Å². The summed E-state index contributed by atoms with van der Waals surface area (Å²) in [5, 5.41) is 23.6. The second kappa shape index (κ2) is 4.18. The van der Waals surface area contributed by atoms with Crippen molar-refractivity contribution in [3.8, 4) is 0 Å². The van der Waals surface area contributed by atoms with Gasteiger partial charge in [0.25, 0.3) is 0 Å². The van der Waals surface area contributed by atoms with Crippen LogP contribution in [0.5, 0.6) is 0 Å². The highest BCUT2D eigenvalue weighted by Gasteiger charge is 2.15. The van der Waals surface area contributed by atoms with Crippen molar-refractivity contribution >= 4 is 44.3 Å². The van der Waals surface area contributed by atoms with Crippen LogP contribution in [0, 0.1) is 0 Å². The zero-order valence-electron chi connectivity index (χ0n) is 11.3. The highest BCUT2D eigenvalue weighted by molar-refractivity contribution is 6.26. The van der Waals surface area contributed by atoms with Gasteiger partial charge < -0.3 is 10.2 Å². The van der Waals surface area contributed by atoms with Crippen molar-refractivity contribution in [3.63, 3.8) is 0 Å². The molecule has 4 nitrogen and oxygen atoms in total. The molecular weight excluding hydrogens is 280 g/mol. The van der Waals surface area contributed by atoms with Crippen LogP contribution in [-0.2, 0) is 0 Å². The van der Waals surface area contributed by atoms with Crippen molar-refractivity contribution in [3.05, 3.63) is 59.7 Å². The molecule has 0 spiro atoms. The van der Waals surface area contributed by atoms with Crippen LogP contribution in [0.15, 0.2) is 48.5 Å². The predicted octanol–water partition coefficient (Wildman–Crippen LogP) is 3.98. The van der Waals surface area contributed by atoms with Gasteiger partial charge in [-0.25, -0.2) is 9.59 Å². The normalized spacial score (nSPS) is 11.5. The van der Waals surface area contributed by atoms with Gasteiger partial charge in [-0.3, -0.25) is 0 Å². The molecule has 0 bridgehead atoms. The Hall–Kier alpha value is -3.14. The van der Waals surface area contributed by atoms with Crippen LogP contribution in [0.2, 0.25) is 0 Å². The molecule has 0 heterocycles. The minimum Gasteiger partial charge on any atom is -0.478 e. The van der Waals surface area contributed by atoms with E-state index >= 15 is 0 Å². The highest BCUT2D eigenvalue weighted by Crippen LogP contribution is 2.36. The maximum absolute atomic E-state index is 11.4. The molecule has 4 aromatic carbocycles.